The van der Waals surface area contributed by atoms with Crippen LogP contribution in [-0.4, -0.2) is 50.3 Å². The number of likely N-dealkylation sites (tertiary alicyclic amines) is 1. The maximum Gasteiger partial charge on any atom is 0.406 e. The first-order chi connectivity index (χ1) is 19.4. The molecule has 1 fully saturated rings. The van der Waals surface area contributed by atoms with Crippen molar-refractivity contribution in [2.75, 3.05) is 13.1 Å². The van der Waals surface area contributed by atoms with Crippen molar-refractivity contribution in [1.82, 2.24) is 19.0 Å². The number of fused-ring (bicyclic) bond motifs is 1. The maximum absolute atomic E-state index is 12.9. The molecule has 1 aliphatic rings. The lowest BCUT2D eigenvalue weighted by molar-refractivity contribution is -0.141. The van der Waals surface area contributed by atoms with E-state index in [1.165, 1.54) is 11.3 Å². The van der Waals surface area contributed by atoms with E-state index >= 15 is 0 Å². The molecule has 0 saturated carbocycles. The van der Waals surface area contributed by atoms with Gasteiger partial charge in [-0.25, -0.2) is 4.79 Å². The molecule has 0 aliphatic carbocycles. The lowest BCUT2D eigenvalue weighted by atomic mass is 10.0. The topological polar surface area (TPSA) is 86.4 Å². The standard InChI is InChI=1S/C28H26ClF3N4O4S/c1-16-10-18(29)11-22(25(16)40-19-4-3-8-34(13-19)17(2)37)21-5-7-33-23-12-20(41-26(21)23)14-36-24(38)6-9-35(27(36)39)15-28(30,31)32/h5-7,9-12,19H,3-4,8,13-15H2,1-2H3/t19-/m0/s1. The second kappa shape index (κ2) is 11.3. The van der Waals surface area contributed by atoms with Crippen LogP contribution in [0, 0.1) is 6.92 Å². The summed E-state index contributed by atoms with van der Waals surface area (Å²) in [5, 5.41) is 0.502. The highest BCUT2D eigenvalue weighted by Crippen LogP contribution is 2.42. The first-order valence-corrected chi connectivity index (χ1v) is 14.1. The molecule has 1 atom stereocenters. The van der Waals surface area contributed by atoms with Gasteiger partial charge in [-0.1, -0.05) is 11.6 Å². The molecule has 0 N–H and O–H groups in total. The monoisotopic (exact) mass is 606 g/mol. The summed E-state index contributed by atoms with van der Waals surface area (Å²) in [5.74, 6) is 0.623. The third kappa shape index (κ3) is 6.33. The molecular formula is C28H26ClF3N4O4S. The van der Waals surface area contributed by atoms with E-state index in [1.54, 1.807) is 36.2 Å². The van der Waals surface area contributed by atoms with E-state index in [1.807, 2.05) is 13.0 Å². The second-order valence-electron chi connectivity index (χ2n) is 10.00. The third-order valence-corrected chi connectivity index (χ3v) is 8.26. The Morgan fingerprint density at radius 3 is 2.71 bits per heavy atom. The van der Waals surface area contributed by atoms with Crippen molar-refractivity contribution in [2.24, 2.45) is 0 Å². The molecular weight excluding hydrogens is 581 g/mol. The Morgan fingerprint density at radius 1 is 1.20 bits per heavy atom. The van der Waals surface area contributed by atoms with Gasteiger partial charge in [-0.3, -0.25) is 23.7 Å². The molecule has 41 heavy (non-hydrogen) atoms. The molecule has 0 unspecified atom stereocenters. The summed E-state index contributed by atoms with van der Waals surface area (Å²) in [7, 11) is 0. The van der Waals surface area contributed by atoms with Gasteiger partial charge in [0.2, 0.25) is 5.91 Å². The van der Waals surface area contributed by atoms with Gasteiger partial charge in [0.1, 0.15) is 18.4 Å². The van der Waals surface area contributed by atoms with E-state index < -0.39 is 24.0 Å². The fourth-order valence-corrected chi connectivity index (χ4v) is 6.43. The van der Waals surface area contributed by atoms with Crippen LogP contribution in [0.5, 0.6) is 5.75 Å². The van der Waals surface area contributed by atoms with Crippen molar-refractivity contribution < 1.29 is 22.7 Å². The number of ether oxygens (including phenoxy) is 1. The molecule has 1 aromatic carbocycles. The average Bonchev–Trinajstić information content (AvgIpc) is 3.32. The summed E-state index contributed by atoms with van der Waals surface area (Å²) < 4.78 is 47.3. The molecule has 216 valence electrons. The first kappa shape index (κ1) is 28.9. The number of carbonyl (C=O) groups excluding carboxylic acids is 1. The number of amides is 1. The van der Waals surface area contributed by atoms with E-state index in [-0.39, 0.29) is 18.6 Å². The van der Waals surface area contributed by atoms with Crippen molar-refractivity contribution in [3.05, 3.63) is 79.0 Å². The minimum absolute atomic E-state index is 0.00371. The summed E-state index contributed by atoms with van der Waals surface area (Å²) in [6.07, 6.45) is -0.728. The van der Waals surface area contributed by atoms with Crippen molar-refractivity contribution in [3.63, 3.8) is 0 Å². The van der Waals surface area contributed by atoms with Crippen LogP contribution >= 0.6 is 22.9 Å². The lowest BCUT2D eigenvalue weighted by Crippen LogP contribution is -2.43. The number of halogens is 4. The number of benzene rings is 1. The minimum atomic E-state index is -4.61. The molecule has 0 bridgehead atoms. The summed E-state index contributed by atoms with van der Waals surface area (Å²) >= 11 is 7.74. The zero-order valence-electron chi connectivity index (χ0n) is 22.2. The highest BCUT2D eigenvalue weighted by Gasteiger charge is 2.29. The maximum atomic E-state index is 12.9. The number of carbonyl (C=O) groups is 1. The molecule has 4 aromatic rings. The van der Waals surface area contributed by atoms with Crippen LogP contribution in [0.25, 0.3) is 21.3 Å². The van der Waals surface area contributed by atoms with Crippen LogP contribution < -0.4 is 16.0 Å². The average molecular weight is 607 g/mol. The van der Waals surface area contributed by atoms with Crippen LogP contribution in [0.2, 0.25) is 5.02 Å². The van der Waals surface area contributed by atoms with E-state index in [9.17, 15) is 27.6 Å². The molecule has 0 radical (unpaired) electrons. The van der Waals surface area contributed by atoms with E-state index in [0.29, 0.717) is 38.8 Å². The quantitative estimate of drug-likeness (QED) is 0.299. The largest absolute Gasteiger partial charge is 0.488 e. The number of hydrogen-bond donors (Lipinski definition) is 0. The number of pyridine rings is 1. The number of hydrogen-bond acceptors (Lipinski definition) is 6. The van der Waals surface area contributed by atoms with Gasteiger partial charge in [0.05, 0.1) is 23.3 Å². The van der Waals surface area contributed by atoms with Gasteiger partial charge in [-0.15, -0.1) is 11.3 Å². The summed E-state index contributed by atoms with van der Waals surface area (Å²) in [5.41, 5.74) is 1.14. The fraction of sp³-hybridized carbons (Fsp3) is 0.357. The smallest absolute Gasteiger partial charge is 0.406 e. The number of aromatic nitrogens is 3. The van der Waals surface area contributed by atoms with Crippen LogP contribution in [0.1, 0.15) is 30.2 Å². The molecule has 5 rings (SSSR count). The number of nitrogens with zero attached hydrogens (tertiary/aromatic N) is 4. The molecule has 8 nitrogen and oxygen atoms in total. The van der Waals surface area contributed by atoms with Crippen LogP contribution in [0.4, 0.5) is 13.2 Å². The summed E-state index contributed by atoms with van der Waals surface area (Å²) in [4.78, 5) is 43.9. The number of rotatable bonds is 6. The van der Waals surface area contributed by atoms with Crippen LogP contribution in [0.15, 0.2) is 52.3 Å². The van der Waals surface area contributed by atoms with Gasteiger partial charge in [0.15, 0.2) is 0 Å². The molecule has 4 heterocycles. The van der Waals surface area contributed by atoms with Crippen molar-refractivity contribution in [1.29, 1.82) is 0 Å². The minimum Gasteiger partial charge on any atom is -0.488 e. The number of aryl methyl sites for hydroxylation is 1. The number of thiophene rings is 1. The van der Waals surface area contributed by atoms with Crippen LogP contribution in [0.3, 0.4) is 0 Å². The zero-order valence-corrected chi connectivity index (χ0v) is 23.8. The van der Waals surface area contributed by atoms with Gasteiger partial charge in [0.25, 0.3) is 5.56 Å². The van der Waals surface area contributed by atoms with Crippen molar-refractivity contribution in [3.8, 4) is 16.9 Å². The lowest BCUT2D eigenvalue weighted by Gasteiger charge is -2.33. The molecule has 1 amide bonds. The Morgan fingerprint density at radius 2 is 1.98 bits per heavy atom. The highest BCUT2D eigenvalue weighted by molar-refractivity contribution is 7.19. The molecule has 1 saturated heterocycles. The molecule has 0 spiro atoms. The van der Waals surface area contributed by atoms with Crippen LogP contribution in [-0.2, 0) is 17.9 Å². The Bertz CT molecular complexity index is 1750. The van der Waals surface area contributed by atoms with E-state index in [0.717, 1.165) is 51.1 Å². The molecule has 1 aliphatic heterocycles. The number of alkyl halides is 3. The van der Waals surface area contributed by atoms with Gasteiger partial charge in [-0.2, -0.15) is 13.2 Å². The predicted molar refractivity (Wildman–Crippen MR) is 151 cm³/mol. The first-order valence-electron chi connectivity index (χ1n) is 12.9. The SMILES string of the molecule is CC(=O)N1CCC[C@H](Oc2c(C)cc(Cl)cc2-c2ccnc3cc(Cn4c(=O)ccn(CC(F)(F)F)c4=O)sc23)C1. The highest BCUT2D eigenvalue weighted by atomic mass is 35.5. The Balaban J connectivity index is 1.53. The van der Waals surface area contributed by atoms with Crippen molar-refractivity contribution in [2.45, 2.75) is 52.1 Å². The number of piperidine rings is 1. The zero-order chi connectivity index (χ0) is 29.5. The van der Waals surface area contributed by atoms with Crippen molar-refractivity contribution >= 4 is 39.1 Å². The second-order valence-corrected chi connectivity index (χ2v) is 11.6. The summed E-state index contributed by atoms with van der Waals surface area (Å²) in [6.45, 7) is 2.89. The van der Waals surface area contributed by atoms with Gasteiger partial charge >= 0.3 is 11.9 Å². The van der Waals surface area contributed by atoms with Gasteiger partial charge < -0.3 is 9.64 Å². The summed E-state index contributed by atoms with van der Waals surface area (Å²) in [6, 6.07) is 8.06. The van der Waals surface area contributed by atoms with Gasteiger partial charge in [0, 0.05) is 53.0 Å². The Hall–Kier alpha value is -3.64. The third-order valence-electron chi connectivity index (χ3n) is 6.90. The van der Waals surface area contributed by atoms with Gasteiger partial charge in [-0.05, 0) is 49.6 Å². The Kier molecular flexibility index (Phi) is 7.97. The molecule has 13 heteroatoms. The Labute approximate surface area is 241 Å². The fourth-order valence-electron chi connectivity index (χ4n) is 5.02. The van der Waals surface area contributed by atoms with E-state index in [4.69, 9.17) is 16.3 Å². The molecule has 3 aromatic heterocycles. The normalized spacial score (nSPS) is 15.9. The predicted octanol–water partition coefficient (Wildman–Crippen LogP) is 5.25. The van der Waals surface area contributed by atoms with E-state index in [2.05, 4.69) is 4.98 Å².